The van der Waals surface area contributed by atoms with Gasteiger partial charge in [-0.25, -0.2) is 0 Å². The number of carbonyl (C=O) groups excluding carboxylic acids is 1. The molecule has 1 aromatic heterocycles. The number of amides is 1. The molecular weight excluding hydrogens is 555 g/mol. The van der Waals surface area contributed by atoms with Crippen LogP contribution in [0.4, 0.5) is 0 Å². The predicted octanol–water partition coefficient (Wildman–Crippen LogP) is 8.83. The Bertz CT molecular complexity index is 1820. The van der Waals surface area contributed by atoms with Gasteiger partial charge >= 0.3 is 0 Å². The van der Waals surface area contributed by atoms with Crippen molar-refractivity contribution in [1.29, 1.82) is 0 Å². The van der Waals surface area contributed by atoms with Gasteiger partial charge in [0.2, 0.25) is 5.91 Å². The summed E-state index contributed by atoms with van der Waals surface area (Å²) in [5.41, 5.74) is 11.0. The molecule has 6 aromatic rings. The molecule has 176 valence electrons. The summed E-state index contributed by atoms with van der Waals surface area (Å²) in [6.45, 7) is 0.591. The van der Waals surface area contributed by atoms with Crippen molar-refractivity contribution in [1.82, 2.24) is 4.57 Å². The van der Waals surface area contributed by atoms with Gasteiger partial charge in [0.1, 0.15) is 0 Å². The van der Waals surface area contributed by atoms with Gasteiger partial charge in [-0.15, -0.1) is 0 Å². The molecule has 0 saturated heterocycles. The zero-order valence-corrected chi connectivity index (χ0v) is 22.0. The number of primary amides is 1. The second-order valence-electron chi connectivity index (χ2n) is 8.74. The Morgan fingerprint density at radius 3 is 2.33 bits per heavy atom. The maximum Gasteiger partial charge on any atom is 0.249 e. The second kappa shape index (κ2) is 8.97. The quantitative estimate of drug-likeness (QED) is 0.225. The number of benzene rings is 5. The largest absolute Gasteiger partial charge is 0.366 e. The molecule has 1 amide bonds. The van der Waals surface area contributed by atoms with Crippen LogP contribution in [0.5, 0.6) is 0 Å². The predicted molar refractivity (Wildman–Crippen MR) is 154 cm³/mol. The van der Waals surface area contributed by atoms with E-state index in [1.807, 2.05) is 54.6 Å². The van der Waals surface area contributed by atoms with Gasteiger partial charge in [0.15, 0.2) is 0 Å². The fourth-order valence-corrected chi connectivity index (χ4v) is 6.25. The Labute approximate surface area is 226 Å². The molecule has 36 heavy (non-hydrogen) atoms. The number of carbonyl (C=O) groups is 1. The van der Waals surface area contributed by atoms with Crippen molar-refractivity contribution in [3.8, 4) is 11.1 Å². The van der Waals surface area contributed by atoms with Gasteiger partial charge in [0.25, 0.3) is 0 Å². The van der Waals surface area contributed by atoms with E-state index in [0.717, 1.165) is 48.4 Å². The molecule has 3 nitrogen and oxygen atoms in total. The lowest BCUT2D eigenvalue weighted by Crippen LogP contribution is -2.11. The van der Waals surface area contributed by atoms with Gasteiger partial charge in [-0.2, -0.15) is 0 Å². The summed E-state index contributed by atoms with van der Waals surface area (Å²) >= 11 is 16.9. The van der Waals surface area contributed by atoms with Gasteiger partial charge in [-0.05, 0) is 68.2 Å². The Kier molecular flexibility index (Phi) is 5.76. The Morgan fingerprint density at radius 1 is 0.806 bits per heavy atom. The SMILES string of the molecule is NC(=O)c1cccc2c1c1ccc(-c3c(Cl)cccc3Cl)cc1n2Cc1ccc2ccccc2c1Br. The van der Waals surface area contributed by atoms with Crippen molar-refractivity contribution in [2.24, 2.45) is 5.73 Å². The summed E-state index contributed by atoms with van der Waals surface area (Å²) in [5, 5.41) is 5.27. The molecule has 0 radical (unpaired) electrons. The van der Waals surface area contributed by atoms with Gasteiger partial charge in [0.05, 0.1) is 11.0 Å². The first-order chi connectivity index (χ1) is 17.4. The molecular formula is C30H19BrCl2N2O. The number of fused-ring (bicyclic) bond motifs is 4. The first-order valence-corrected chi connectivity index (χ1v) is 12.9. The molecule has 0 aliphatic rings. The molecule has 0 unspecified atom stereocenters. The summed E-state index contributed by atoms with van der Waals surface area (Å²) in [7, 11) is 0. The summed E-state index contributed by atoms with van der Waals surface area (Å²) in [4.78, 5) is 12.4. The second-order valence-corrected chi connectivity index (χ2v) is 10.3. The van der Waals surface area contributed by atoms with E-state index in [2.05, 4.69) is 50.8 Å². The number of halogens is 3. The van der Waals surface area contributed by atoms with Crippen LogP contribution >= 0.6 is 39.1 Å². The smallest absolute Gasteiger partial charge is 0.249 e. The summed E-state index contributed by atoms with van der Waals surface area (Å²) in [6.07, 6.45) is 0. The highest BCUT2D eigenvalue weighted by Crippen LogP contribution is 2.40. The molecule has 6 rings (SSSR count). The van der Waals surface area contributed by atoms with Crippen LogP contribution in [0.3, 0.4) is 0 Å². The monoisotopic (exact) mass is 572 g/mol. The third-order valence-corrected chi connectivity index (χ3v) is 8.25. The number of nitrogens with zero attached hydrogens (tertiary/aromatic N) is 1. The highest BCUT2D eigenvalue weighted by molar-refractivity contribution is 9.10. The molecule has 1 heterocycles. The average molecular weight is 574 g/mol. The maximum atomic E-state index is 12.4. The highest BCUT2D eigenvalue weighted by atomic mass is 79.9. The van der Waals surface area contributed by atoms with Crippen LogP contribution in [0.1, 0.15) is 15.9 Å². The topological polar surface area (TPSA) is 48.0 Å². The third-order valence-electron chi connectivity index (χ3n) is 6.68. The molecule has 0 saturated carbocycles. The van der Waals surface area contributed by atoms with E-state index >= 15 is 0 Å². The van der Waals surface area contributed by atoms with Crippen LogP contribution in [0.2, 0.25) is 10.0 Å². The van der Waals surface area contributed by atoms with Crippen LogP contribution in [0, 0.1) is 0 Å². The fraction of sp³-hybridized carbons (Fsp3) is 0.0333. The van der Waals surface area contributed by atoms with E-state index < -0.39 is 5.91 Å². The lowest BCUT2D eigenvalue weighted by atomic mass is 10.0. The normalized spacial score (nSPS) is 11.5. The minimum atomic E-state index is -0.454. The average Bonchev–Trinajstić information content (AvgIpc) is 3.18. The molecule has 2 N–H and O–H groups in total. The van der Waals surface area contributed by atoms with E-state index in [-0.39, 0.29) is 0 Å². The van der Waals surface area contributed by atoms with Crippen LogP contribution in [0.15, 0.2) is 95.5 Å². The summed E-state index contributed by atoms with van der Waals surface area (Å²) in [5.74, 6) is -0.454. The number of rotatable bonds is 4. The van der Waals surface area contributed by atoms with Crippen molar-refractivity contribution >= 4 is 77.6 Å². The first kappa shape index (κ1) is 23.1. The Hall–Kier alpha value is -3.31. The minimum absolute atomic E-state index is 0.454. The van der Waals surface area contributed by atoms with Crippen molar-refractivity contribution in [3.63, 3.8) is 0 Å². The van der Waals surface area contributed by atoms with E-state index in [9.17, 15) is 4.79 Å². The van der Waals surface area contributed by atoms with Crippen LogP contribution in [0.25, 0.3) is 43.7 Å². The van der Waals surface area contributed by atoms with Gasteiger partial charge in [-0.3, -0.25) is 4.79 Å². The number of hydrogen-bond acceptors (Lipinski definition) is 1. The third kappa shape index (κ3) is 3.68. The molecule has 0 aliphatic carbocycles. The lowest BCUT2D eigenvalue weighted by Gasteiger charge is -2.13. The number of nitrogens with two attached hydrogens (primary N) is 1. The standard InChI is InChI=1S/C30H19BrCl2N2O/c31-29-19(12-11-17-5-1-2-6-20(17)29)16-35-25-10-3-7-22(30(34)36)28(25)21-14-13-18(15-26(21)35)27-23(32)8-4-9-24(27)33/h1-15H,16H2,(H2,34,36). The van der Waals surface area contributed by atoms with Crippen LogP contribution in [-0.4, -0.2) is 10.5 Å². The molecule has 6 heteroatoms. The number of aromatic nitrogens is 1. The Morgan fingerprint density at radius 2 is 1.56 bits per heavy atom. The highest BCUT2D eigenvalue weighted by Gasteiger charge is 2.19. The van der Waals surface area contributed by atoms with E-state index in [0.29, 0.717) is 22.2 Å². The van der Waals surface area contributed by atoms with Crippen molar-refractivity contribution in [2.75, 3.05) is 0 Å². The zero-order valence-electron chi connectivity index (χ0n) is 18.9. The van der Waals surface area contributed by atoms with Crippen molar-refractivity contribution in [3.05, 3.63) is 117 Å². The molecule has 0 fully saturated rings. The van der Waals surface area contributed by atoms with Gasteiger partial charge in [-0.1, -0.05) is 83.9 Å². The van der Waals surface area contributed by atoms with E-state index in [1.54, 1.807) is 6.07 Å². The zero-order chi connectivity index (χ0) is 25.0. The van der Waals surface area contributed by atoms with Crippen molar-refractivity contribution < 1.29 is 4.79 Å². The van der Waals surface area contributed by atoms with E-state index in [4.69, 9.17) is 28.9 Å². The molecule has 0 atom stereocenters. The summed E-state index contributed by atoms with van der Waals surface area (Å²) in [6, 6.07) is 29.8. The van der Waals surface area contributed by atoms with Gasteiger partial charge < -0.3 is 10.3 Å². The summed E-state index contributed by atoms with van der Waals surface area (Å²) < 4.78 is 3.27. The van der Waals surface area contributed by atoms with Crippen LogP contribution in [-0.2, 0) is 6.54 Å². The van der Waals surface area contributed by atoms with Crippen LogP contribution < -0.4 is 5.73 Å². The maximum absolute atomic E-state index is 12.4. The fourth-order valence-electron chi connectivity index (χ4n) is 5.02. The van der Waals surface area contributed by atoms with E-state index in [1.165, 1.54) is 5.39 Å². The number of hydrogen-bond donors (Lipinski definition) is 1. The molecule has 0 spiro atoms. The minimum Gasteiger partial charge on any atom is -0.366 e. The lowest BCUT2D eigenvalue weighted by molar-refractivity contribution is 0.100. The first-order valence-electron chi connectivity index (χ1n) is 11.4. The molecule has 5 aromatic carbocycles. The Balaban J connectivity index is 1.65. The van der Waals surface area contributed by atoms with Crippen molar-refractivity contribution in [2.45, 2.75) is 6.54 Å². The molecule has 0 aliphatic heterocycles. The van der Waals surface area contributed by atoms with Gasteiger partial charge in [0, 0.05) is 43.0 Å². The molecule has 0 bridgehead atoms.